The van der Waals surface area contributed by atoms with E-state index in [0.717, 1.165) is 30.1 Å². The molecule has 6 nitrogen and oxygen atoms in total. The molecule has 1 aliphatic rings. The lowest BCUT2D eigenvalue weighted by Crippen LogP contribution is -2.44. The Morgan fingerprint density at radius 1 is 1.34 bits per heavy atom. The number of rotatable bonds is 3. The number of hydrogen-bond donors (Lipinski definition) is 2. The Hall–Kier alpha value is -3.06. The summed E-state index contributed by atoms with van der Waals surface area (Å²) in [5.74, 6) is -2.59. The number of nitrogens with one attached hydrogen (secondary N) is 1. The van der Waals surface area contributed by atoms with Crippen LogP contribution in [0.5, 0.6) is 0 Å². The van der Waals surface area contributed by atoms with E-state index in [1.807, 2.05) is 0 Å². The third kappa shape index (κ3) is 3.91. The number of anilines is 1. The van der Waals surface area contributed by atoms with Crippen molar-refractivity contribution in [1.29, 1.82) is 5.26 Å². The number of amidine groups is 1. The van der Waals surface area contributed by atoms with Gasteiger partial charge >= 0.3 is 0 Å². The predicted molar refractivity (Wildman–Crippen MR) is 104 cm³/mol. The quantitative estimate of drug-likeness (QED) is 0.793. The smallest absolute Gasteiger partial charge is 0.277 e. The van der Waals surface area contributed by atoms with Gasteiger partial charge in [-0.25, -0.2) is 23.1 Å². The molecule has 0 fully saturated rings. The van der Waals surface area contributed by atoms with Crippen LogP contribution in [-0.2, 0) is 5.54 Å². The minimum atomic E-state index is -1.59. The number of nitrogens with zero attached hydrogens (tertiary/aromatic N) is 3. The highest BCUT2D eigenvalue weighted by Gasteiger charge is 2.45. The van der Waals surface area contributed by atoms with Gasteiger partial charge in [0, 0.05) is 22.7 Å². The van der Waals surface area contributed by atoms with Crippen molar-refractivity contribution in [2.45, 2.75) is 30.8 Å². The van der Waals surface area contributed by atoms with Gasteiger partial charge in [0.2, 0.25) is 0 Å². The summed E-state index contributed by atoms with van der Waals surface area (Å²) in [5.41, 5.74) is 3.62. The summed E-state index contributed by atoms with van der Waals surface area (Å²) in [5, 5.41) is 10.7. The minimum absolute atomic E-state index is 0.0373. The molecule has 2 heterocycles. The summed E-state index contributed by atoms with van der Waals surface area (Å²) in [6.45, 7) is 3.05. The van der Waals surface area contributed by atoms with Gasteiger partial charge in [-0.15, -0.1) is 0 Å². The van der Waals surface area contributed by atoms with Gasteiger partial charge in [-0.2, -0.15) is 5.26 Å². The van der Waals surface area contributed by atoms with Crippen LogP contribution in [-0.4, -0.2) is 27.5 Å². The van der Waals surface area contributed by atoms with Gasteiger partial charge in [-0.1, -0.05) is 11.8 Å². The summed E-state index contributed by atoms with van der Waals surface area (Å²) in [6, 6.07) is 6.14. The molecular weight excluding hydrogens is 403 g/mol. The second kappa shape index (κ2) is 7.75. The van der Waals surface area contributed by atoms with Gasteiger partial charge in [0.1, 0.15) is 23.6 Å². The second-order valence-electron chi connectivity index (χ2n) is 6.64. The summed E-state index contributed by atoms with van der Waals surface area (Å²) >= 11 is 1.06. The zero-order valence-electron chi connectivity index (χ0n) is 15.4. The van der Waals surface area contributed by atoms with Gasteiger partial charge in [-0.3, -0.25) is 4.79 Å². The van der Waals surface area contributed by atoms with Crippen molar-refractivity contribution in [3.63, 3.8) is 0 Å². The molecule has 0 radical (unpaired) electrons. The molecule has 0 saturated heterocycles. The van der Waals surface area contributed by atoms with E-state index in [9.17, 15) is 18.0 Å². The van der Waals surface area contributed by atoms with Crippen molar-refractivity contribution >= 4 is 28.5 Å². The number of amides is 1. The fraction of sp³-hybridized carbons (Fsp3) is 0.263. The summed E-state index contributed by atoms with van der Waals surface area (Å²) in [6.07, 6.45) is -0.473. The number of pyridine rings is 1. The van der Waals surface area contributed by atoms with Crippen LogP contribution in [0.1, 0.15) is 35.5 Å². The van der Waals surface area contributed by atoms with Crippen LogP contribution < -0.4 is 11.1 Å². The molecule has 3 atom stereocenters. The molecule has 1 aromatic heterocycles. The molecule has 2 aromatic rings. The maximum absolute atomic E-state index is 14.9. The Balaban J connectivity index is 1.95. The molecule has 3 rings (SSSR count). The second-order valence-corrected chi connectivity index (χ2v) is 8.03. The van der Waals surface area contributed by atoms with Crippen molar-refractivity contribution in [2.75, 3.05) is 5.32 Å². The fourth-order valence-corrected chi connectivity index (χ4v) is 4.09. The van der Waals surface area contributed by atoms with Gasteiger partial charge in [0.15, 0.2) is 16.7 Å². The highest BCUT2D eigenvalue weighted by Crippen LogP contribution is 2.42. The first kappa shape index (κ1) is 20.7. The van der Waals surface area contributed by atoms with E-state index in [0.29, 0.717) is 0 Å². The van der Waals surface area contributed by atoms with E-state index < -0.39 is 40.2 Å². The Bertz CT molecular complexity index is 1050. The van der Waals surface area contributed by atoms with Crippen LogP contribution >= 0.6 is 11.8 Å². The predicted octanol–water partition coefficient (Wildman–Crippen LogP) is 3.49. The highest BCUT2D eigenvalue weighted by atomic mass is 32.2. The van der Waals surface area contributed by atoms with Crippen LogP contribution in [0.25, 0.3) is 0 Å². The molecule has 3 N–H and O–H groups in total. The first-order valence-corrected chi connectivity index (χ1v) is 9.36. The van der Waals surface area contributed by atoms with E-state index in [-0.39, 0.29) is 22.0 Å². The van der Waals surface area contributed by atoms with E-state index in [1.165, 1.54) is 19.1 Å². The topological polar surface area (TPSA) is 104 Å². The first-order chi connectivity index (χ1) is 13.7. The number of alkyl halides is 1. The van der Waals surface area contributed by atoms with Crippen LogP contribution in [0.15, 0.2) is 35.5 Å². The molecule has 0 bridgehead atoms. The lowest BCUT2D eigenvalue weighted by molar-refractivity contribution is 0.101. The van der Waals surface area contributed by atoms with Crippen molar-refractivity contribution in [3.8, 4) is 6.07 Å². The van der Waals surface area contributed by atoms with Gasteiger partial charge in [0.05, 0.1) is 5.56 Å². The number of carbonyl (C=O) groups excluding carboxylic acids is 1. The molecule has 1 aliphatic heterocycles. The molecule has 150 valence electrons. The highest BCUT2D eigenvalue weighted by molar-refractivity contribution is 8.14. The van der Waals surface area contributed by atoms with Gasteiger partial charge < -0.3 is 11.1 Å². The average Bonchev–Trinajstić information content (AvgIpc) is 2.67. The van der Waals surface area contributed by atoms with Crippen molar-refractivity contribution in [2.24, 2.45) is 10.7 Å². The van der Waals surface area contributed by atoms with Crippen molar-refractivity contribution < 1.29 is 18.0 Å². The number of benzene rings is 1. The SMILES string of the molecule is C[C@H]1SC(N)=N[C@](C)(c2cc(NC(=O)c3ncc(C#N)cc3F)ccc2F)[C@H]1F. The number of halogens is 3. The first-order valence-electron chi connectivity index (χ1n) is 8.48. The van der Waals surface area contributed by atoms with Crippen LogP contribution in [0.3, 0.4) is 0 Å². The molecular formula is C19H16F3N5OS. The third-order valence-corrected chi connectivity index (χ3v) is 5.50. The molecule has 0 aliphatic carbocycles. The van der Waals surface area contributed by atoms with Crippen molar-refractivity contribution in [3.05, 3.63) is 58.9 Å². The Morgan fingerprint density at radius 2 is 2.07 bits per heavy atom. The summed E-state index contributed by atoms with van der Waals surface area (Å²) < 4.78 is 43.5. The number of nitriles is 1. The lowest BCUT2D eigenvalue weighted by atomic mass is 9.85. The third-order valence-electron chi connectivity index (χ3n) is 4.55. The van der Waals surface area contributed by atoms with Crippen LogP contribution in [0.4, 0.5) is 18.9 Å². The van der Waals surface area contributed by atoms with Crippen molar-refractivity contribution in [1.82, 2.24) is 4.98 Å². The standard InChI is InChI=1S/C19H16F3N5OS/c1-9-16(22)19(2,27-18(24)29-9)12-6-11(3-4-13(12)20)26-17(28)15-14(21)5-10(7-23)8-25-15/h3-6,8-9,16H,1-2H3,(H2,24,27)(H,26,28)/t9-,16+,19-/m1/s1. The Labute approximate surface area is 169 Å². The van der Waals surface area contributed by atoms with Gasteiger partial charge in [-0.05, 0) is 38.1 Å². The Kier molecular flexibility index (Phi) is 5.53. The molecule has 10 heteroatoms. The maximum atomic E-state index is 14.9. The molecule has 1 amide bonds. The zero-order valence-corrected chi connectivity index (χ0v) is 16.2. The molecule has 29 heavy (non-hydrogen) atoms. The molecule has 1 aromatic carbocycles. The zero-order chi connectivity index (χ0) is 21.3. The molecule has 0 spiro atoms. The van der Waals surface area contributed by atoms with E-state index >= 15 is 0 Å². The summed E-state index contributed by atoms with van der Waals surface area (Å²) in [7, 11) is 0. The largest absolute Gasteiger partial charge is 0.379 e. The van der Waals surface area contributed by atoms with Crippen LogP contribution in [0.2, 0.25) is 0 Å². The van der Waals surface area contributed by atoms with E-state index in [1.54, 1.807) is 13.0 Å². The number of aromatic nitrogens is 1. The van der Waals surface area contributed by atoms with E-state index in [4.69, 9.17) is 11.0 Å². The summed E-state index contributed by atoms with van der Waals surface area (Å²) in [4.78, 5) is 20.1. The lowest BCUT2D eigenvalue weighted by Gasteiger charge is -2.37. The number of carbonyl (C=O) groups is 1. The molecule has 0 saturated carbocycles. The molecule has 0 unspecified atom stereocenters. The maximum Gasteiger partial charge on any atom is 0.277 e. The Morgan fingerprint density at radius 3 is 2.72 bits per heavy atom. The van der Waals surface area contributed by atoms with Gasteiger partial charge in [0.25, 0.3) is 5.91 Å². The number of aliphatic imine (C=N–C) groups is 1. The number of hydrogen-bond acceptors (Lipinski definition) is 6. The normalized spacial score (nSPS) is 23.8. The monoisotopic (exact) mass is 419 g/mol. The van der Waals surface area contributed by atoms with E-state index in [2.05, 4.69) is 15.3 Å². The number of nitrogens with two attached hydrogens (primary N) is 1. The van der Waals surface area contributed by atoms with Crippen LogP contribution in [0, 0.1) is 23.0 Å². The minimum Gasteiger partial charge on any atom is -0.379 e. The average molecular weight is 419 g/mol. The fourth-order valence-electron chi connectivity index (χ4n) is 3.08. The number of thioether (sulfide) groups is 1.